The molecule has 5 heteroatoms. The molecule has 2 rings (SSSR count). The lowest BCUT2D eigenvalue weighted by atomic mass is 10.2. The second kappa shape index (κ2) is 9.28. The fourth-order valence-electron chi connectivity index (χ4n) is 2.29. The van der Waals surface area contributed by atoms with Gasteiger partial charge in [0.2, 0.25) is 0 Å². The van der Waals surface area contributed by atoms with Crippen LogP contribution in [-0.2, 0) is 11.3 Å². The lowest BCUT2D eigenvalue weighted by molar-refractivity contribution is 0.192. The van der Waals surface area contributed by atoms with Gasteiger partial charge in [0, 0.05) is 26.7 Å². The molecule has 0 bridgehead atoms. The van der Waals surface area contributed by atoms with Crippen molar-refractivity contribution in [1.29, 1.82) is 0 Å². The summed E-state index contributed by atoms with van der Waals surface area (Å²) in [5, 5.41) is 3.47. The minimum atomic E-state index is 0.713. The molecule has 0 radical (unpaired) electrons. The maximum absolute atomic E-state index is 5.75. The SMILES string of the molecule is COCCCCCNCc1cc(Br)c2c(c1)OCCCO2. The molecule has 0 spiro atoms. The van der Waals surface area contributed by atoms with E-state index in [-0.39, 0.29) is 0 Å². The summed E-state index contributed by atoms with van der Waals surface area (Å²) in [5.74, 6) is 1.68. The summed E-state index contributed by atoms with van der Waals surface area (Å²) in [6, 6.07) is 4.18. The van der Waals surface area contributed by atoms with E-state index >= 15 is 0 Å². The first kappa shape index (κ1) is 16.6. The molecular formula is C16H24BrNO3. The summed E-state index contributed by atoms with van der Waals surface area (Å²) >= 11 is 3.57. The van der Waals surface area contributed by atoms with Crippen LogP contribution in [0, 0.1) is 0 Å². The van der Waals surface area contributed by atoms with Gasteiger partial charge < -0.3 is 19.5 Å². The van der Waals surface area contributed by atoms with Crippen molar-refractivity contribution in [3.63, 3.8) is 0 Å². The molecule has 0 aliphatic carbocycles. The standard InChI is InChI=1S/C16H24BrNO3/c1-19-7-4-2-3-6-18-12-13-10-14(17)16-15(11-13)20-8-5-9-21-16/h10-11,18H,2-9,12H2,1H3. The third kappa shape index (κ3) is 5.49. The Morgan fingerprint density at radius 1 is 1.19 bits per heavy atom. The van der Waals surface area contributed by atoms with Crippen LogP contribution in [0.5, 0.6) is 11.5 Å². The number of halogens is 1. The van der Waals surface area contributed by atoms with E-state index < -0.39 is 0 Å². The van der Waals surface area contributed by atoms with Gasteiger partial charge in [0.25, 0.3) is 0 Å². The van der Waals surface area contributed by atoms with E-state index in [1.807, 2.05) is 0 Å². The predicted octanol–water partition coefficient (Wildman–Crippen LogP) is 3.52. The van der Waals surface area contributed by atoms with E-state index in [9.17, 15) is 0 Å². The number of hydrogen-bond donors (Lipinski definition) is 1. The Labute approximate surface area is 135 Å². The second-order valence-corrected chi connectivity index (χ2v) is 6.04. The Bertz CT molecular complexity index is 440. The first-order chi connectivity index (χ1) is 10.3. The summed E-state index contributed by atoms with van der Waals surface area (Å²) in [5.41, 5.74) is 1.21. The van der Waals surface area contributed by atoms with E-state index in [0.717, 1.165) is 55.1 Å². The molecule has 0 saturated carbocycles. The first-order valence-electron chi connectivity index (χ1n) is 7.59. The van der Waals surface area contributed by atoms with Crippen molar-refractivity contribution in [3.8, 4) is 11.5 Å². The number of unbranched alkanes of at least 4 members (excludes halogenated alkanes) is 2. The Kier molecular flexibility index (Phi) is 7.33. The monoisotopic (exact) mass is 357 g/mol. The van der Waals surface area contributed by atoms with Crippen LogP contribution < -0.4 is 14.8 Å². The van der Waals surface area contributed by atoms with Crippen molar-refractivity contribution < 1.29 is 14.2 Å². The number of ether oxygens (including phenoxy) is 3. The molecule has 21 heavy (non-hydrogen) atoms. The van der Waals surface area contributed by atoms with Crippen molar-refractivity contribution in [1.82, 2.24) is 5.32 Å². The van der Waals surface area contributed by atoms with Gasteiger partial charge in [-0.1, -0.05) is 0 Å². The largest absolute Gasteiger partial charge is 0.490 e. The zero-order valence-corrected chi connectivity index (χ0v) is 14.2. The minimum Gasteiger partial charge on any atom is -0.490 e. The van der Waals surface area contributed by atoms with Gasteiger partial charge in [0.05, 0.1) is 17.7 Å². The first-order valence-corrected chi connectivity index (χ1v) is 8.38. The van der Waals surface area contributed by atoms with E-state index in [4.69, 9.17) is 14.2 Å². The number of methoxy groups -OCH3 is 1. The Balaban J connectivity index is 1.78. The average molecular weight is 358 g/mol. The molecule has 0 saturated heterocycles. The summed E-state index contributed by atoms with van der Waals surface area (Å²) in [6.07, 6.45) is 4.44. The molecule has 1 heterocycles. The minimum absolute atomic E-state index is 0.713. The topological polar surface area (TPSA) is 39.7 Å². The average Bonchev–Trinajstić information content (AvgIpc) is 2.72. The molecular weight excluding hydrogens is 334 g/mol. The van der Waals surface area contributed by atoms with Gasteiger partial charge >= 0.3 is 0 Å². The predicted molar refractivity (Wildman–Crippen MR) is 87.2 cm³/mol. The molecule has 0 fully saturated rings. The fraction of sp³-hybridized carbons (Fsp3) is 0.625. The molecule has 0 unspecified atom stereocenters. The molecule has 1 aliphatic rings. The Morgan fingerprint density at radius 2 is 2.05 bits per heavy atom. The van der Waals surface area contributed by atoms with Gasteiger partial charge in [-0.15, -0.1) is 0 Å². The number of fused-ring (bicyclic) bond motifs is 1. The third-order valence-corrected chi connectivity index (χ3v) is 3.98. The van der Waals surface area contributed by atoms with Crippen LogP contribution in [0.1, 0.15) is 31.2 Å². The molecule has 1 aliphatic heterocycles. The fourth-order valence-corrected chi connectivity index (χ4v) is 2.90. The molecule has 118 valence electrons. The van der Waals surface area contributed by atoms with Crippen LogP contribution in [-0.4, -0.2) is 33.5 Å². The van der Waals surface area contributed by atoms with Crippen LogP contribution in [0.2, 0.25) is 0 Å². The molecule has 0 amide bonds. The number of rotatable bonds is 8. The van der Waals surface area contributed by atoms with Gasteiger partial charge in [0.1, 0.15) is 0 Å². The molecule has 1 N–H and O–H groups in total. The van der Waals surface area contributed by atoms with Crippen LogP contribution >= 0.6 is 15.9 Å². The quantitative estimate of drug-likeness (QED) is 0.722. The van der Waals surface area contributed by atoms with Gasteiger partial charge in [-0.2, -0.15) is 0 Å². The number of benzene rings is 1. The maximum Gasteiger partial charge on any atom is 0.175 e. The Hall–Kier alpha value is -0.780. The summed E-state index contributed by atoms with van der Waals surface area (Å²) in [7, 11) is 1.75. The van der Waals surface area contributed by atoms with Crippen LogP contribution in [0.3, 0.4) is 0 Å². The summed E-state index contributed by atoms with van der Waals surface area (Å²) in [6.45, 7) is 4.16. The lowest BCUT2D eigenvalue weighted by Gasteiger charge is -2.12. The lowest BCUT2D eigenvalue weighted by Crippen LogP contribution is -2.15. The number of nitrogens with one attached hydrogen (secondary N) is 1. The molecule has 0 aromatic heterocycles. The van der Waals surface area contributed by atoms with Crippen molar-refractivity contribution >= 4 is 15.9 Å². The van der Waals surface area contributed by atoms with Crippen molar-refractivity contribution in [2.75, 3.05) is 33.5 Å². The Morgan fingerprint density at radius 3 is 2.90 bits per heavy atom. The van der Waals surface area contributed by atoms with Crippen molar-refractivity contribution in [2.45, 2.75) is 32.2 Å². The zero-order valence-electron chi connectivity index (χ0n) is 12.6. The van der Waals surface area contributed by atoms with Crippen LogP contribution in [0.25, 0.3) is 0 Å². The third-order valence-electron chi connectivity index (χ3n) is 3.39. The maximum atomic E-state index is 5.75. The van der Waals surface area contributed by atoms with Crippen molar-refractivity contribution in [3.05, 3.63) is 22.2 Å². The highest BCUT2D eigenvalue weighted by molar-refractivity contribution is 9.10. The smallest absolute Gasteiger partial charge is 0.175 e. The van der Waals surface area contributed by atoms with E-state index in [2.05, 4.69) is 33.4 Å². The summed E-state index contributed by atoms with van der Waals surface area (Å²) in [4.78, 5) is 0. The molecule has 0 atom stereocenters. The highest BCUT2D eigenvalue weighted by Crippen LogP contribution is 2.38. The molecule has 1 aromatic rings. The summed E-state index contributed by atoms with van der Waals surface area (Å²) < 4.78 is 17.5. The van der Waals surface area contributed by atoms with Gasteiger partial charge in [-0.05, 0) is 59.4 Å². The zero-order chi connectivity index (χ0) is 14.9. The van der Waals surface area contributed by atoms with Gasteiger partial charge in [-0.25, -0.2) is 0 Å². The van der Waals surface area contributed by atoms with E-state index in [1.165, 1.54) is 18.4 Å². The van der Waals surface area contributed by atoms with Crippen LogP contribution in [0.4, 0.5) is 0 Å². The van der Waals surface area contributed by atoms with Gasteiger partial charge in [-0.3, -0.25) is 0 Å². The number of hydrogen-bond acceptors (Lipinski definition) is 4. The van der Waals surface area contributed by atoms with Gasteiger partial charge in [0.15, 0.2) is 11.5 Å². The van der Waals surface area contributed by atoms with E-state index in [0.29, 0.717) is 6.61 Å². The van der Waals surface area contributed by atoms with Crippen LogP contribution in [0.15, 0.2) is 16.6 Å². The normalized spacial score (nSPS) is 14.0. The molecule has 1 aromatic carbocycles. The van der Waals surface area contributed by atoms with E-state index in [1.54, 1.807) is 7.11 Å². The molecule has 4 nitrogen and oxygen atoms in total. The van der Waals surface area contributed by atoms with Crippen molar-refractivity contribution in [2.24, 2.45) is 0 Å². The highest BCUT2D eigenvalue weighted by Gasteiger charge is 2.14. The highest BCUT2D eigenvalue weighted by atomic mass is 79.9. The second-order valence-electron chi connectivity index (χ2n) is 5.19.